The van der Waals surface area contributed by atoms with Crippen LogP contribution in [0, 0.1) is 11.7 Å². The summed E-state index contributed by atoms with van der Waals surface area (Å²) in [5.41, 5.74) is 0.940. The Hall–Kier alpha value is -2.41. The average molecular weight is 418 g/mol. The van der Waals surface area contributed by atoms with Gasteiger partial charge < -0.3 is 9.08 Å². The minimum absolute atomic E-state index is 0.106. The van der Waals surface area contributed by atoms with Crippen LogP contribution in [0.3, 0.4) is 0 Å². The fourth-order valence-corrected chi connectivity index (χ4v) is 4.73. The molecule has 0 atom stereocenters. The smallest absolute Gasteiger partial charge is 0.339 e. The number of nitrogens with zero attached hydrogens (tertiary/aromatic N) is 1. The Bertz CT molecular complexity index is 963. The summed E-state index contributed by atoms with van der Waals surface area (Å²) in [7, 11) is -4.03. The van der Waals surface area contributed by atoms with Gasteiger partial charge in [0.25, 0.3) is 0 Å². The van der Waals surface area contributed by atoms with Crippen molar-refractivity contribution in [3.63, 3.8) is 0 Å². The zero-order chi connectivity index (χ0) is 20.4. The average Bonchev–Trinajstić information content (AvgIpc) is 3.39. The monoisotopic (exact) mass is 417 g/mol. The molecule has 0 aliphatic heterocycles. The van der Waals surface area contributed by atoms with E-state index in [0.29, 0.717) is 12.6 Å². The first kappa shape index (κ1) is 19.9. The summed E-state index contributed by atoms with van der Waals surface area (Å²) in [5.74, 6) is 0.0714. The molecule has 5 nitrogen and oxygen atoms in total. The Morgan fingerprint density at radius 3 is 2.17 bits per heavy atom. The molecule has 154 valence electrons. The second-order valence-corrected chi connectivity index (χ2v) is 9.36. The Kier molecular flexibility index (Phi) is 5.58. The van der Waals surface area contributed by atoms with Gasteiger partial charge in [-0.15, -0.1) is 0 Å². The Morgan fingerprint density at radius 1 is 0.966 bits per heavy atom. The predicted molar refractivity (Wildman–Crippen MR) is 106 cm³/mol. The van der Waals surface area contributed by atoms with E-state index in [1.165, 1.54) is 12.1 Å². The molecule has 0 saturated heterocycles. The highest BCUT2D eigenvalue weighted by Crippen LogP contribution is 2.34. The molecule has 0 radical (unpaired) electrons. The van der Waals surface area contributed by atoms with Gasteiger partial charge in [0.15, 0.2) is 0 Å². The van der Waals surface area contributed by atoms with Crippen molar-refractivity contribution in [3.8, 4) is 5.75 Å². The minimum Gasteiger partial charge on any atom is -0.379 e. The normalized spacial score (nSPS) is 17.3. The molecule has 7 heteroatoms. The molecular weight excluding hydrogens is 393 g/mol. The second kappa shape index (κ2) is 8.14. The second-order valence-electron chi connectivity index (χ2n) is 7.81. The maximum absolute atomic E-state index is 13.0. The molecule has 29 heavy (non-hydrogen) atoms. The molecule has 2 saturated carbocycles. The topological polar surface area (TPSA) is 63.7 Å². The lowest BCUT2D eigenvalue weighted by atomic mass is 10.1. The van der Waals surface area contributed by atoms with Gasteiger partial charge in [-0.1, -0.05) is 25.0 Å². The van der Waals surface area contributed by atoms with Crippen molar-refractivity contribution >= 4 is 16.0 Å². The van der Waals surface area contributed by atoms with Crippen LogP contribution in [0.25, 0.3) is 0 Å². The van der Waals surface area contributed by atoms with Crippen LogP contribution < -0.4 is 4.18 Å². The molecule has 0 spiro atoms. The van der Waals surface area contributed by atoms with E-state index in [9.17, 15) is 17.6 Å². The van der Waals surface area contributed by atoms with Crippen molar-refractivity contribution < 1.29 is 21.8 Å². The first-order valence-electron chi connectivity index (χ1n) is 10.0. The number of halogens is 1. The highest BCUT2D eigenvalue weighted by atomic mass is 32.2. The zero-order valence-corrected chi connectivity index (χ0v) is 16.9. The molecule has 4 rings (SSSR count). The fourth-order valence-electron chi connectivity index (χ4n) is 3.80. The quantitative estimate of drug-likeness (QED) is 0.631. The van der Waals surface area contributed by atoms with E-state index in [2.05, 4.69) is 0 Å². The van der Waals surface area contributed by atoms with Gasteiger partial charge in [-0.3, -0.25) is 4.79 Å². The molecule has 1 amide bonds. The van der Waals surface area contributed by atoms with Gasteiger partial charge in [-0.2, -0.15) is 8.42 Å². The van der Waals surface area contributed by atoms with Gasteiger partial charge in [0.05, 0.1) is 0 Å². The molecular formula is C22H24FNO4S. The molecule has 0 N–H and O–H groups in total. The number of carbonyl (C=O) groups is 1. The van der Waals surface area contributed by atoms with Crippen molar-refractivity contribution in [2.45, 2.75) is 56.0 Å². The lowest BCUT2D eigenvalue weighted by Gasteiger charge is -2.25. The van der Waals surface area contributed by atoms with Gasteiger partial charge in [-0.05, 0) is 67.6 Å². The lowest BCUT2D eigenvalue weighted by molar-refractivity contribution is -0.136. The van der Waals surface area contributed by atoms with Crippen LogP contribution >= 0.6 is 0 Å². The summed E-state index contributed by atoms with van der Waals surface area (Å²) in [4.78, 5) is 14.7. The van der Waals surface area contributed by atoms with Crippen molar-refractivity contribution in [1.82, 2.24) is 4.90 Å². The Morgan fingerprint density at radius 2 is 1.59 bits per heavy atom. The van der Waals surface area contributed by atoms with Crippen LogP contribution in [0.4, 0.5) is 4.39 Å². The van der Waals surface area contributed by atoms with Crippen LogP contribution in [0.5, 0.6) is 5.75 Å². The van der Waals surface area contributed by atoms with E-state index in [-0.39, 0.29) is 22.5 Å². The van der Waals surface area contributed by atoms with Crippen molar-refractivity contribution in [3.05, 3.63) is 59.9 Å². The van der Waals surface area contributed by atoms with Crippen molar-refractivity contribution in [2.75, 3.05) is 0 Å². The SMILES string of the molecule is O=C(C1CCCC1)N(Cc1ccc(OS(=O)(=O)c2ccc(F)cc2)cc1)C1CC1. The van der Waals surface area contributed by atoms with E-state index < -0.39 is 15.9 Å². The molecule has 0 unspecified atom stereocenters. The number of rotatable bonds is 7. The van der Waals surface area contributed by atoms with E-state index in [1.54, 1.807) is 24.3 Å². The number of carbonyl (C=O) groups excluding carboxylic acids is 1. The zero-order valence-electron chi connectivity index (χ0n) is 16.1. The molecule has 2 fully saturated rings. The number of hydrogen-bond donors (Lipinski definition) is 0. The summed E-state index contributed by atoms with van der Waals surface area (Å²) in [5, 5.41) is 0. The molecule has 2 aromatic rings. The van der Waals surface area contributed by atoms with Gasteiger partial charge in [0, 0.05) is 18.5 Å². The molecule has 0 aromatic heterocycles. The highest BCUT2D eigenvalue weighted by Gasteiger charge is 2.36. The van der Waals surface area contributed by atoms with E-state index in [1.807, 2.05) is 4.90 Å². The third-order valence-electron chi connectivity index (χ3n) is 5.56. The fraction of sp³-hybridized carbons (Fsp3) is 0.409. The lowest BCUT2D eigenvalue weighted by Crippen LogP contribution is -2.36. The standard InChI is InChI=1S/C22H24FNO4S/c23-18-7-13-21(14-8-18)29(26,27)28-20-11-5-16(6-12-20)15-24(19-9-10-19)22(25)17-3-1-2-4-17/h5-8,11-14,17,19H,1-4,9-10,15H2. The predicted octanol–water partition coefficient (Wildman–Crippen LogP) is 4.27. The summed E-state index contributed by atoms with van der Waals surface area (Å²) in [6.07, 6.45) is 6.32. The van der Waals surface area contributed by atoms with Gasteiger partial charge in [0.1, 0.15) is 16.5 Å². The number of hydrogen-bond acceptors (Lipinski definition) is 4. The molecule has 2 aromatic carbocycles. The summed E-state index contributed by atoms with van der Waals surface area (Å²) in [6, 6.07) is 11.6. The first-order chi connectivity index (χ1) is 13.9. The van der Waals surface area contributed by atoms with E-state index in [0.717, 1.165) is 56.2 Å². The maximum Gasteiger partial charge on any atom is 0.339 e. The highest BCUT2D eigenvalue weighted by molar-refractivity contribution is 7.87. The van der Waals surface area contributed by atoms with Crippen LogP contribution in [0.15, 0.2) is 53.4 Å². The molecule has 0 heterocycles. The van der Waals surface area contributed by atoms with Crippen LogP contribution in [-0.4, -0.2) is 25.3 Å². The first-order valence-corrected chi connectivity index (χ1v) is 11.4. The van der Waals surface area contributed by atoms with Gasteiger partial charge in [0.2, 0.25) is 5.91 Å². The van der Waals surface area contributed by atoms with Gasteiger partial charge >= 0.3 is 10.1 Å². The van der Waals surface area contributed by atoms with Crippen LogP contribution in [0.1, 0.15) is 44.1 Å². The molecule has 2 aliphatic carbocycles. The van der Waals surface area contributed by atoms with Gasteiger partial charge in [-0.25, -0.2) is 4.39 Å². The molecule has 2 aliphatic rings. The maximum atomic E-state index is 13.0. The summed E-state index contributed by atoms with van der Waals surface area (Å²) in [6.45, 7) is 0.533. The number of benzene rings is 2. The number of amides is 1. The Balaban J connectivity index is 1.43. The van der Waals surface area contributed by atoms with Crippen LogP contribution in [0.2, 0.25) is 0 Å². The molecule has 0 bridgehead atoms. The van der Waals surface area contributed by atoms with Crippen molar-refractivity contribution in [2.24, 2.45) is 5.92 Å². The minimum atomic E-state index is -4.03. The Labute approximate surface area is 170 Å². The summed E-state index contributed by atoms with van der Waals surface area (Å²) >= 11 is 0. The third kappa shape index (κ3) is 4.78. The van der Waals surface area contributed by atoms with E-state index in [4.69, 9.17) is 4.18 Å². The summed E-state index contributed by atoms with van der Waals surface area (Å²) < 4.78 is 42.8. The van der Waals surface area contributed by atoms with Crippen LogP contribution in [-0.2, 0) is 21.5 Å². The largest absolute Gasteiger partial charge is 0.379 e. The van der Waals surface area contributed by atoms with E-state index >= 15 is 0 Å². The van der Waals surface area contributed by atoms with Crippen molar-refractivity contribution in [1.29, 1.82) is 0 Å². The third-order valence-corrected chi connectivity index (χ3v) is 6.82.